The van der Waals surface area contributed by atoms with E-state index in [1.165, 1.54) is 18.4 Å². The molecule has 1 saturated heterocycles. The molecule has 3 N–H and O–H groups in total. The Kier molecular flexibility index (Phi) is 4.42. The van der Waals surface area contributed by atoms with Crippen molar-refractivity contribution < 1.29 is 5.11 Å². The Morgan fingerprint density at radius 1 is 1.35 bits per heavy atom. The van der Waals surface area contributed by atoms with E-state index in [2.05, 4.69) is 26.9 Å². The lowest BCUT2D eigenvalue weighted by Gasteiger charge is -2.34. The molecule has 1 aliphatic rings. The summed E-state index contributed by atoms with van der Waals surface area (Å²) in [5.74, 6) is 0. The minimum absolute atomic E-state index is 0.253. The van der Waals surface area contributed by atoms with Gasteiger partial charge in [-0.25, -0.2) is 0 Å². The van der Waals surface area contributed by atoms with E-state index in [9.17, 15) is 5.11 Å². The second-order valence-corrected chi connectivity index (χ2v) is 5.61. The first-order valence-corrected chi connectivity index (χ1v) is 6.88. The zero-order valence-electron chi connectivity index (χ0n) is 9.90. The number of aliphatic hydroxyl groups excluding tert-OH is 1. The monoisotopic (exact) mass is 298 g/mol. The number of benzene rings is 1. The summed E-state index contributed by atoms with van der Waals surface area (Å²) in [6.45, 7) is 2.19. The van der Waals surface area contributed by atoms with Crippen molar-refractivity contribution in [1.29, 1.82) is 0 Å². The molecule has 1 aromatic carbocycles. The number of rotatable bonds is 3. The number of nitrogens with zero attached hydrogens (tertiary/aromatic N) is 1. The van der Waals surface area contributed by atoms with Gasteiger partial charge in [-0.2, -0.15) is 0 Å². The first kappa shape index (κ1) is 12.9. The van der Waals surface area contributed by atoms with E-state index < -0.39 is 0 Å². The first-order valence-electron chi connectivity index (χ1n) is 6.09. The highest BCUT2D eigenvalue weighted by Crippen LogP contribution is 2.22. The molecular weight excluding hydrogens is 280 g/mol. The van der Waals surface area contributed by atoms with Crippen LogP contribution in [0.25, 0.3) is 0 Å². The smallest absolute Gasteiger partial charge is 0.0586 e. The highest BCUT2D eigenvalue weighted by atomic mass is 79.9. The fourth-order valence-corrected chi connectivity index (χ4v) is 3.03. The van der Waals surface area contributed by atoms with Crippen LogP contribution >= 0.6 is 15.9 Å². The highest BCUT2D eigenvalue weighted by Gasteiger charge is 2.21. The van der Waals surface area contributed by atoms with Crippen LogP contribution in [0.4, 0.5) is 5.69 Å². The maximum Gasteiger partial charge on any atom is 0.0586 e. The van der Waals surface area contributed by atoms with Gasteiger partial charge in [0.25, 0.3) is 0 Å². The summed E-state index contributed by atoms with van der Waals surface area (Å²) in [6, 6.07) is 6.32. The molecule has 0 aliphatic carbocycles. The number of hydrogen-bond donors (Lipinski definition) is 2. The molecule has 1 atom stereocenters. The lowest BCUT2D eigenvalue weighted by atomic mass is 10.0. The van der Waals surface area contributed by atoms with Crippen LogP contribution in [0, 0.1) is 0 Å². The Hall–Kier alpha value is -0.580. The molecule has 0 spiro atoms. The Labute approximate surface area is 111 Å². The van der Waals surface area contributed by atoms with E-state index >= 15 is 0 Å². The molecule has 4 heteroatoms. The van der Waals surface area contributed by atoms with Gasteiger partial charge in [0.15, 0.2) is 0 Å². The Morgan fingerprint density at radius 2 is 2.18 bits per heavy atom. The van der Waals surface area contributed by atoms with Crippen molar-refractivity contribution in [3.8, 4) is 0 Å². The van der Waals surface area contributed by atoms with Gasteiger partial charge in [-0.05, 0) is 43.1 Å². The molecule has 0 bridgehead atoms. The van der Waals surface area contributed by atoms with Crippen LogP contribution < -0.4 is 5.73 Å². The predicted octanol–water partition coefficient (Wildman–Crippen LogP) is 2.38. The molecule has 1 heterocycles. The van der Waals surface area contributed by atoms with Gasteiger partial charge < -0.3 is 10.8 Å². The molecule has 0 aromatic heterocycles. The minimum atomic E-state index is 0.253. The topological polar surface area (TPSA) is 49.5 Å². The van der Waals surface area contributed by atoms with Gasteiger partial charge >= 0.3 is 0 Å². The van der Waals surface area contributed by atoms with Crippen molar-refractivity contribution in [2.75, 3.05) is 18.9 Å². The SMILES string of the molecule is Nc1cc(Br)cc(CN2CCCCC2CO)c1. The average molecular weight is 299 g/mol. The molecule has 0 radical (unpaired) electrons. The normalized spacial score (nSPS) is 21.6. The number of nitrogen functional groups attached to an aromatic ring is 1. The molecule has 1 fully saturated rings. The van der Waals surface area contributed by atoms with Crippen LogP contribution in [0.1, 0.15) is 24.8 Å². The third-order valence-corrected chi connectivity index (χ3v) is 3.78. The standard InChI is InChI=1S/C13H19BrN2O/c14-11-5-10(6-12(15)7-11)8-16-4-2-1-3-13(16)9-17/h5-7,13,17H,1-4,8-9,15H2. The van der Waals surface area contributed by atoms with Crippen LogP contribution in [-0.2, 0) is 6.54 Å². The molecule has 1 aliphatic heterocycles. The number of hydrogen-bond acceptors (Lipinski definition) is 3. The number of aliphatic hydroxyl groups is 1. The summed E-state index contributed by atoms with van der Waals surface area (Å²) in [7, 11) is 0. The van der Waals surface area contributed by atoms with E-state index in [1.54, 1.807) is 0 Å². The lowest BCUT2D eigenvalue weighted by molar-refractivity contribution is 0.0841. The molecule has 94 valence electrons. The van der Waals surface area contributed by atoms with Crippen LogP contribution in [0.5, 0.6) is 0 Å². The Balaban J connectivity index is 2.08. The summed E-state index contributed by atoms with van der Waals surface area (Å²) in [6.07, 6.45) is 3.54. The summed E-state index contributed by atoms with van der Waals surface area (Å²) >= 11 is 3.46. The maximum atomic E-state index is 9.37. The average Bonchev–Trinajstić information content (AvgIpc) is 2.28. The van der Waals surface area contributed by atoms with Crippen molar-refractivity contribution >= 4 is 21.6 Å². The van der Waals surface area contributed by atoms with Gasteiger partial charge in [0, 0.05) is 22.7 Å². The number of likely N-dealkylation sites (tertiary alicyclic amines) is 1. The van der Waals surface area contributed by atoms with E-state index in [4.69, 9.17) is 5.73 Å². The molecule has 0 saturated carbocycles. The van der Waals surface area contributed by atoms with E-state index in [0.717, 1.165) is 29.7 Å². The second-order valence-electron chi connectivity index (χ2n) is 4.70. The van der Waals surface area contributed by atoms with Crippen molar-refractivity contribution in [1.82, 2.24) is 4.90 Å². The van der Waals surface area contributed by atoms with Gasteiger partial charge in [0.05, 0.1) is 6.61 Å². The van der Waals surface area contributed by atoms with Crippen LogP contribution in [0.15, 0.2) is 22.7 Å². The fraction of sp³-hybridized carbons (Fsp3) is 0.538. The third kappa shape index (κ3) is 3.44. The number of halogens is 1. The summed E-state index contributed by atoms with van der Waals surface area (Å²) in [5, 5.41) is 9.37. The predicted molar refractivity (Wildman–Crippen MR) is 73.7 cm³/mol. The van der Waals surface area contributed by atoms with Crippen LogP contribution in [0.3, 0.4) is 0 Å². The number of anilines is 1. The first-order chi connectivity index (χ1) is 8.19. The zero-order chi connectivity index (χ0) is 12.3. The van der Waals surface area contributed by atoms with Gasteiger partial charge in [-0.1, -0.05) is 22.4 Å². The highest BCUT2D eigenvalue weighted by molar-refractivity contribution is 9.10. The van der Waals surface area contributed by atoms with Crippen molar-refractivity contribution in [2.45, 2.75) is 31.8 Å². The minimum Gasteiger partial charge on any atom is -0.399 e. The molecular formula is C13H19BrN2O. The number of piperidine rings is 1. The molecule has 1 aromatic rings. The van der Waals surface area contributed by atoms with Crippen molar-refractivity contribution in [3.05, 3.63) is 28.2 Å². The van der Waals surface area contributed by atoms with Crippen molar-refractivity contribution in [3.63, 3.8) is 0 Å². The summed E-state index contributed by atoms with van der Waals surface area (Å²) < 4.78 is 1.02. The summed E-state index contributed by atoms with van der Waals surface area (Å²) in [5.41, 5.74) is 7.82. The lowest BCUT2D eigenvalue weighted by Crippen LogP contribution is -2.41. The largest absolute Gasteiger partial charge is 0.399 e. The Bertz CT molecular complexity index is 363. The maximum absolute atomic E-state index is 9.37. The molecule has 1 unspecified atom stereocenters. The van der Waals surface area contributed by atoms with Crippen LogP contribution in [-0.4, -0.2) is 29.2 Å². The zero-order valence-corrected chi connectivity index (χ0v) is 11.5. The van der Waals surface area contributed by atoms with Crippen LogP contribution in [0.2, 0.25) is 0 Å². The second kappa shape index (κ2) is 5.85. The van der Waals surface area contributed by atoms with Gasteiger partial charge in [-0.3, -0.25) is 4.90 Å². The van der Waals surface area contributed by atoms with E-state index in [1.807, 2.05) is 12.1 Å². The molecule has 0 amide bonds. The molecule has 2 rings (SSSR count). The molecule has 17 heavy (non-hydrogen) atoms. The van der Waals surface area contributed by atoms with E-state index in [-0.39, 0.29) is 6.61 Å². The third-order valence-electron chi connectivity index (χ3n) is 3.33. The van der Waals surface area contributed by atoms with Gasteiger partial charge in [0.1, 0.15) is 0 Å². The van der Waals surface area contributed by atoms with Gasteiger partial charge in [-0.15, -0.1) is 0 Å². The molecule has 3 nitrogen and oxygen atoms in total. The van der Waals surface area contributed by atoms with Crippen molar-refractivity contribution in [2.24, 2.45) is 0 Å². The fourth-order valence-electron chi connectivity index (χ4n) is 2.48. The van der Waals surface area contributed by atoms with Gasteiger partial charge in [0.2, 0.25) is 0 Å². The quantitative estimate of drug-likeness (QED) is 0.843. The summed E-state index contributed by atoms with van der Waals surface area (Å²) in [4.78, 5) is 2.35. The Morgan fingerprint density at radius 3 is 2.88 bits per heavy atom. The number of nitrogens with two attached hydrogens (primary N) is 1. The van der Waals surface area contributed by atoms with E-state index in [0.29, 0.717) is 6.04 Å².